The first-order valence-electron chi connectivity index (χ1n) is 9.83. The highest BCUT2D eigenvalue weighted by Gasteiger charge is 2.21. The molecule has 0 saturated carbocycles. The maximum Gasteiger partial charge on any atom is 0.339 e. The smallest absolute Gasteiger partial charge is 0.339 e. The van der Waals surface area contributed by atoms with Crippen LogP contribution in [0.25, 0.3) is 0 Å². The van der Waals surface area contributed by atoms with Gasteiger partial charge in [-0.3, -0.25) is 4.79 Å². The number of rotatable bonds is 10. The van der Waals surface area contributed by atoms with E-state index in [1.807, 2.05) is 37.3 Å². The molecule has 0 aliphatic carbocycles. The molecule has 2 aromatic rings. The van der Waals surface area contributed by atoms with Crippen molar-refractivity contribution in [1.82, 2.24) is 5.32 Å². The fraction of sp³-hybridized carbons (Fsp3) is 0.391. The van der Waals surface area contributed by atoms with Crippen LogP contribution in [0.1, 0.15) is 55.6 Å². The van der Waals surface area contributed by atoms with Crippen LogP contribution in [0.4, 0.5) is 0 Å². The molecule has 0 aliphatic rings. The van der Waals surface area contributed by atoms with Crippen molar-refractivity contribution < 1.29 is 23.8 Å². The van der Waals surface area contributed by atoms with Gasteiger partial charge in [-0.25, -0.2) is 4.79 Å². The van der Waals surface area contributed by atoms with E-state index in [0.717, 1.165) is 18.4 Å². The van der Waals surface area contributed by atoms with Crippen molar-refractivity contribution in [3.63, 3.8) is 0 Å². The third-order valence-electron chi connectivity index (χ3n) is 4.47. The van der Waals surface area contributed by atoms with Gasteiger partial charge in [-0.1, -0.05) is 43.7 Å². The fourth-order valence-corrected chi connectivity index (χ4v) is 2.68. The lowest BCUT2D eigenvalue weighted by Crippen LogP contribution is -2.37. The summed E-state index contributed by atoms with van der Waals surface area (Å²) in [5.74, 6) is 0.0601. The van der Waals surface area contributed by atoms with Gasteiger partial charge in [-0.05, 0) is 44.0 Å². The quantitative estimate of drug-likeness (QED) is 0.476. The summed E-state index contributed by atoms with van der Waals surface area (Å²) in [5, 5.41) is 2.85. The Morgan fingerprint density at radius 1 is 1.03 bits per heavy atom. The van der Waals surface area contributed by atoms with Gasteiger partial charge in [0.05, 0.1) is 25.3 Å². The number of unbranched alkanes of at least 4 members (excludes halogenated alkanes) is 1. The van der Waals surface area contributed by atoms with Crippen molar-refractivity contribution in [3.8, 4) is 11.5 Å². The predicted molar refractivity (Wildman–Crippen MR) is 111 cm³/mol. The van der Waals surface area contributed by atoms with E-state index in [0.29, 0.717) is 23.7 Å². The van der Waals surface area contributed by atoms with Gasteiger partial charge >= 0.3 is 5.97 Å². The highest BCUT2D eigenvalue weighted by molar-refractivity contribution is 5.93. The number of hydrogen-bond acceptors (Lipinski definition) is 5. The monoisotopic (exact) mass is 399 g/mol. The Kier molecular flexibility index (Phi) is 8.52. The molecular weight excluding hydrogens is 370 g/mol. The summed E-state index contributed by atoms with van der Waals surface area (Å²) in [6.45, 7) is 6.08. The highest BCUT2D eigenvalue weighted by Crippen LogP contribution is 2.28. The zero-order valence-corrected chi connectivity index (χ0v) is 17.4. The molecule has 2 unspecified atom stereocenters. The molecule has 1 N–H and O–H groups in total. The maximum absolute atomic E-state index is 12.5. The van der Waals surface area contributed by atoms with Crippen LogP contribution in [0.3, 0.4) is 0 Å². The second-order valence-corrected chi connectivity index (χ2v) is 6.76. The number of carbonyl (C=O) groups excluding carboxylic acids is 2. The Balaban J connectivity index is 1.96. The molecule has 0 spiro atoms. The minimum absolute atomic E-state index is 0.190. The standard InChI is InChI=1S/C23H29NO5/c1-5-6-14-28-20-13-12-19(15-21(20)27-4)23(26)29-17(3)22(25)24-16(2)18-10-8-7-9-11-18/h7-13,15-17H,5-6,14H2,1-4H3,(H,24,25). The number of carbonyl (C=O) groups is 2. The van der Waals surface area contributed by atoms with E-state index in [2.05, 4.69) is 12.2 Å². The Bertz CT molecular complexity index is 806. The Morgan fingerprint density at radius 2 is 1.76 bits per heavy atom. The summed E-state index contributed by atoms with van der Waals surface area (Å²) in [6, 6.07) is 14.2. The van der Waals surface area contributed by atoms with Gasteiger partial charge in [0, 0.05) is 0 Å². The van der Waals surface area contributed by atoms with Crippen molar-refractivity contribution in [3.05, 3.63) is 59.7 Å². The average molecular weight is 399 g/mol. The lowest BCUT2D eigenvalue weighted by atomic mass is 10.1. The van der Waals surface area contributed by atoms with Crippen LogP contribution in [-0.4, -0.2) is 31.7 Å². The van der Waals surface area contributed by atoms with Crippen LogP contribution in [0.2, 0.25) is 0 Å². The molecule has 156 valence electrons. The zero-order valence-electron chi connectivity index (χ0n) is 17.4. The molecule has 2 atom stereocenters. The van der Waals surface area contributed by atoms with E-state index >= 15 is 0 Å². The van der Waals surface area contributed by atoms with Gasteiger partial charge in [0.25, 0.3) is 5.91 Å². The molecule has 2 rings (SSSR count). The van der Waals surface area contributed by atoms with Gasteiger partial charge in [0.1, 0.15) is 0 Å². The molecule has 6 nitrogen and oxygen atoms in total. The van der Waals surface area contributed by atoms with Crippen LogP contribution in [0, 0.1) is 0 Å². The summed E-state index contributed by atoms with van der Waals surface area (Å²) in [7, 11) is 1.51. The van der Waals surface area contributed by atoms with Gasteiger partial charge < -0.3 is 19.5 Å². The first-order valence-corrected chi connectivity index (χ1v) is 9.83. The molecule has 0 aliphatic heterocycles. The average Bonchev–Trinajstić information content (AvgIpc) is 2.74. The fourth-order valence-electron chi connectivity index (χ4n) is 2.68. The largest absolute Gasteiger partial charge is 0.493 e. The molecule has 1 amide bonds. The topological polar surface area (TPSA) is 73.9 Å². The predicted octanol–water partition coefficient (Wildman–Crippen LogP) is 4.30. The minimum atomic E-state index is -0.930. The number of amides is 1. The molecule has 0 heterocycles. The van der Waals surface area contributed by atoms with Crippen LogP contribution in [0.5, 0.6) is 11.5 Å². The Morgan fingerprint density at radius 3 is 2.41 bits per heavy atom. The van der Waals surface area contributed by atoms with E-state index < -0.39 is 12.1 Å². The lowest BCUT2D eigenvalue weighted by molar-refractivity contribution is -0.129. The van der Waals surface area contributed by atoms with Crippen molar-refractivity contribution in [2.24, 2.45) is 0 Å². The summed E-state index contributed by atoms with van der Waals surface area (Å²) in [6.07, 6.45) is 1.02. The van der Waals surface area contributed by atoms with E-state index in [-0.39, 0.29) is 11.9 Å². The molecule has 0 fully saturated rings. The van der Waals surface area contributed by atoms with E-state index in [9.17, 15) is 9.59 Å². The number of nitrogens with one attached hydrogen (secondary N) is 1. The van der Waals surface area contributed by atoms with Gasteiger partial charge in [-0.15, -0.1) is 0 Å². The third kappa shape index (κ3) is 6.52. The van der Waals surface area contributed by atoms with Crippen molar-refractivity contribution >= 4 is 11.9 Å². The summed E-state index contributed by atoms with van der Waals surface area (Å²) in [5.41, 5.74) is 1.27. The van der Waals surface area contributed by atoms with Crippen LogP contribution in [0.15, 0.2) is 48.5 Å². The molecular formula is C23H29NO5. The number of methoxy groups -OCH3 is 1. The lowest BCUT2D eigenvalue weighted by Gasteiger charge is -2.18. The Labute approximate surface area is 172 Å². The molecule has 2 aromatic carbocycles. The second kappa shape index (κ2) is 11.1. The summed E-state index contributed by atoms with van der Waals surface area (Å²) >= 11 is 0. The number of benzene rings is 2. The van der Waals surface area contributed by atoms with Crippen LogP contribution < -0.4 is 14.8 Å². The maximum atomic E-state index is 12.5. The summed E-state index contributed by atoms with van der Waals surface area (Å²) in [4.78, 5) is 24.8. The van der Waals surface area contributed by atoms with Crippen molar-refractivity contribution in [1.29, 1.82) is 0 Å². The highest BCUT2D eigenvalue weighted by atomic mass is 16.5. The van der Waals surface area contributed by atoms with Crippen molar-refractivity contribution in [2.45, 2.75) is 45.8 Å². The van der Waals surface area contributed by atoms with Gasteiger partial charge in [0.15, 0.2) is 17.6 Å². The van der Waals surface area contributed by atoms with E-state index in [1.54, 1.807) is 25.1 Å². The number of hydrogen-bond donors (Lipinski definition) is 1. The van der Waals surface area contributed by atoms with Crippen molar-refractivity contribution in [2.75, 3.05) is 13.7 Å². The second-order valence-electron chi connectivity index (χ2n) is 6.76. The number of esters is 1. The van der Waals surface area contributed by atoms with Crippen LogP contribution in [-0.2, 0) is 9.53 Å². The normalized spacial score (nSPS) is 12.6. The third-order valence-corrected chi connectivity index (χ3v) is 4.47. The first kappa shape index (κ1) is 22.3. The SMILES string of the molecule is CCCCOc1ccc(C(=O)OC(C)C(=O)NC(C)c2ccccc2)cc1OC. The van der Waals surface area contributed by atoms with E-state index in [1.165, 1.54) is 7.11 Å². The summed E-state index contributed by atoms with van der Waals surface area (Å²) < 4.78 is 16.3. The van der Waals surface area contributed by atoms with Gasteiger partial charge in [-0.2, -0.15) is 0 Å². The molecule has 29 heavy (non-hydrogen) atoms. The minimum Gasteiger partial charge on any atom is -0.493 e. The molecule has 0 radical (unpaired) electrons. The zero-order chi connectivity index (χ0) is 21.2. The van der Waals surface area contributed by atoms with Crippen LogP contribution >= 0.6 is 0 Å². The Hall–Kier alpha value is -3.02. The molecule has 6 heteroatoms. The molecule has 0 bridgehead atoms. The number of ether oxygens (including phenoxy) is 3. The molecule has 0 saturated heterocycles. The van der Waals surface area contributed by atoms with E-state index in [4.69, 9.17) is 14.2 Å². The van der Waals surface area contributed by atoms with Gasteiger partial charge in [0.2, 0.25) is 0 Å². The first-order chi connectivity index (χ1) is 14.0. The molecule has 0 aromatic heterocycles.